The Morgan fingerprint density at radius 3 is 2.56 bits per heavy atom. The molecule has 5 heteroatoms. The number of hydrogen-bond donors (Lipinski definition) is 1. The van der Waals surface area contributed by atoms with Crippen LogP contribution in [0.3, 0.4) is 0 Å². The van der Waals surface area contributed by atoms with Crippen molar-refractivity contribution in [1.82, 2.24) is 9.97 Å². The minimum atomic E-state index is -0.746. The van der Waals surface area contributed by atoms with Gasteiger partial charge in [-0.05, 0) is 18.2 Å². The number of aromatic nitrogens is 2. The van der Waals surface area contributed by atoms with Gasteiger partial charge in [0.15, 0.2) is 5.82 Å². The van der Waals surface area contributed by atoms with Gasteiger partial charge in [-0.15, -0.1) is 0 Å². The zero-order valence-electron chi connectivity index (χ0n) is 9.05. The van der Waals surface area contributed by atoms with E-state index in [0.717, 1.165) is 12.1 Å². The number of aromatic amines is 1. The largest absolute Gasteiger partial charge is 0.338 e. The molecule has 2 aromatic carbocycles. The molecule has 0 atom stereocenters. The summed E-state index contributed by atoms with van der Waals surface area (Å²) in [6.45, 7) is 0. The fourth-order valence-corrected chi connectivity index (χ4v) is 1.81. The molecule has 0 spiro atoms. The van der Waals surface area contributed by atoms with Gasteiger partial charge in [-0.1, -0.05) is 12.1 Å². The summed E-state index contributed by atoms with van der Waals surface area (Å²) in [5, 5.41) is 0. The van der Waals surface area contributed by atoms with E-state index < -0.39 is 17.5 Å². The number of hydrogen-bond acceptors (Lipinski definition) is 1. The molecule has 18 heavy (non-hydrogen) atoms. The Kier molecular flexibility index (Phi) is 2.33. The van der Waals surface area contributed by atoms with Gasteiger partial charge in [-0.25, -0.2) is 18.2 Å². The van der Waals surface area contributed by atoms with Crippen molar-refractivity contribution < 1.29 is 13.2 Å². The van der Waals surface area contributed by atoms with Crippen molar-refractivity contribution >= 4 is 11.0 Å². The molecular weight excluding hydrogens is 241 g/mol. The van der Waals surface area contributed by atoms with Crippen molar-refractivity contribution in [2.45, 2.75) is 0 Å². The van der Waals surface area contributed by atoms with Crippen LogP contribution in [0, 0.1) is 17.5 Å². The van der Waals surface area contributed by atoms with E-state index in [1.165, 1.54) is 18.2 Å². The quantitative estimate of drug-likeness (QED) is 0.699. The van der Waals surface area contributed by atoms with Gasteiger partial charge < -0.3 is 4.98 Å². The molecule has 1 heterocycles. The Morgan fingerprint density at radius 2 is 1.78 bits per heavy atom. The highest BCUT2D eigenvalue weighted by Crippen LogP contribution is 2.23. The van der Waals surface area contributed by atoms with Crippen LogP contribution < -0.4 is 0 Å². The van der Waals surface area contributed by atoms with Crippen LogP contribution in [-0.4, -0.2) is 9.97 Å². The molecular formula is C13H7F3N2. The first-order chi connectivity index (χ1) is 8.63. The maximum Gasteiger partial charge on any atom is 0.153 e. The minimum absolute atomic E-state index is 0.0376. The summed E-state index contributed by atoms with van der Waals surface area (Å²) in [6.07, 6.45) is 0. The van der Waals surface area contributed by atoms with E-state index in [-0.39, 0.29) is 11.0 Å². The number of rotatable bonds is 1. The van der Waals surface area contributed by atoms with Crippen LogP contribution in [0.4, 0.5) is 13.2 Å². The zero-order valence-corrected chi connectivity index (χ0v) is 9.05. The highest BCUT2D eigenvalue weighted by Gasteiger charge is 2.11. The molecule has 0 aliphatic rings. The maximum atomic E-state index is 13.5. The highest BCUT2D eigenvalue weighted by atomic mass is 19.1. The number of nitrogens with zero attached hydrogens (tertiary/aromatic N) is 1. The Morgan fingerprint density at radius 1 is 0.944 bits per heavy atom. The lowest BCUT2D eigenvalue weighted by molar-refractivity contribution is 0.591. The lowest BCUT2D eigenvalue weighted by atomic mass is 10.2. The molecule has 0 bridgehead atoms. The fourth-order valence-electron chi connectivity index (χ4n) is 1.81. The molecule has 90 valence electrons. The van der Waals surface area contributed by atoms with Gasteiger partial charge in [0.2, 0.25) is 0 Å². The van der Waals surface area contributed by atoms with Crippen molar-refractivity contribution in [3.8, 4) is 11.4 Å². The number of halogens is 3. The SMILES string of the molecule is Fc1cccc(-c2nc3c(F)cc(F)cc3[nH]2)c1. The molecule has 0 unspecified atom stereocenters. The lowest BCUT2D eigenvalue weighted by Crippen LogP contribution is -1.82. The summed E-state index contributed by atoms with van der Waals surface area (Å²) < 4.78 is 39.6. The lowest BCUT2D eigenvalue weighted by Gasteiger charge is -1.95. The first-order valence-electron chi connectivity index (χ1n) is 5.24. The molecule has 0 aliphatic carbocycles. The summed E-state index contributed by atoms with van der Waals surface area (Å²) in [5.41, 5.74) is 0.758. The Hall–Kier alpha value is -2.30. The molecule has 3 aromatic rings. The molecule has 3 rings (SSSR count). The second-order valence-corrected chi connectivity index (χ2v) is 3.88. The third kappa shape index (κ3) is 1.73. The molecule has 1 N–H and O–H groups in total. The highest BCUT2D eigenvalue weighted by molar-refractivity contribution is 5.79. The molecule has 0 radical (unpaired) electrons. The van der Waals surface area contributed by atoms with Crippen LogP contribution >= 0.6 is 0 Å². The predicted octanol–water partition coefficient (Wildman–Crippen LogP) is 3.65. The van der Waals surface area contributed by atoms with Crippen molar-refractivity contribution in [1.29, 1.82) is 0 Å². The van der Waals surface area contributed by atoms with Crippen molar-refractivity contribution in [3.63, 3.8) is 0 Å². The molecule has 0 aliphatic heterocycles. The van der Waals surface area contributed by atoms with E-state index in [0.29, 0.717) is 11.4 Å². The van der Waals surface area contributed by atoms with Gasteiger partial charge >= 0.3 is 0 Å². The summed E-state index contributed by atoms with van der Waals surface area (Å²) in [4.78, 5) is 6.76. The number of imidazole rings is 1. The van der Waals surface area contributed by atoms with E-state index in [1.807, 2.05) is 0 Å². The van der Waals surface area contributed by atoms with E-state index in [1.54, 1.807) is 6.07 Å². The van der Waals surface area contributed by atoms with Crippen LogP contribution in [-0.2, 0) is 0 Å². The topological polar surface area (TPSA) is 28.7 Å². The minimum Gasteiger partial charge on any atom is -0.338 e. The first kappa shape index (κ1) is 10.8. The van der Waals surface area contributed by atoms with E-state index in [4.69, 9.17) is 0 Å². The molecule has 0 fully saturated rings. The third-order valence-corrected chi connectivity index (χ3v) is 2.60. The van der Waals surface area contributed by atoms with Crippen molar-refractivity contribution in [2.24, 2.45) is 0 Å². The number of fused-ring (bicyclic) bond motifs is 1. The van der Waals surface area contributed by atoms with Gasteiger partial charge in [0, 0.05) is 11.6 Å². The third-order valence-electron chi connectivity index (χ3n) is 2.60. The summed E-state index contributed by atoms with van der Waals surface area (Å²) >= 11 is 0. The number of nitrogens with one attached hydrogen (secondary N) is 1. The van der Waals surface area contributed by atoms with Gasteiger partial charge in [0.25, 0.3) is 0 Å². The molecule has 0 saturated carbocycles. The average Bonchev–Trinajstić information content (AvgIpc) is 2.73. The monoisotopic (exact) mass is 248 g/mol. The van der Waals surface area contributed by atoms with Crippen LogP contribution in [0.1, 0.15) is 0 Å². The van der Waals surface area contributed by atoms with Gasteiger partial charge in [-0.2, -0.15) is 0 Å². The van der Waals surface area contributed by atoms with E-state index in [9.17, 15) is 13.2 Å². The smallest absolute Gasteiger partial charge is 0.153 e. The Balaban J connectivity index is 2.22. The molecule has 1 aromatic heterocycles. The summed E-state index contributed by atoms with van der Waals surface area (Å²) in [5.74, 6) is -1.55. The fraction of sp³-hybridized carbons (Fsp3) is 0. The molecule has 2 nitrogen and oxygen atoms in total. The van der Waals surface area contributed by atoms with Gasteiger partial charge in [0.1, 0.15) is 23.0 Å². The Labute approximate surface area is 100 Å². The van der Waals surface area contributed by atoms with Gasteiger partial charge in [0.05, 0.1) is 5.52 Å². The molecule has 0 saturated heterocycles. The maximum absolute atomic E-state index is 13.5. The van der Waals surface area contributed by atoms with E-state index >= 15 is 0 Å². The second-order valence-electron chi connectivity index (χ2n) is 3.88. The first-order valence-corrected chi connectivity index (χ1v) is 5.24. The number of H-pyrrole nitrogens is 1. The van der Waals surface area contributed by atoms with Crippen LogP contribution in [0.2, 0.25) is 0 Å². The van der Waals surface area contributed by atoms with Crippen LogP contribution in [0.5, 0.6) is 0 Å². The molecule has 0 amide bonds. The average molecular weight is 248 g/mol. The normalized spacial score (nSPS) is 11.1. The Bertz CT molecular complexity index is 734. The summed E-state index contributed by atoms with van der Waals surface area (Å²) in [6, 6.07) is 7.63. The van der Waals surface area contributed by atoms with Gasteiger partial charge in [-0.3, -0.25) is 0 Å². The predicted molar refractivity (Wildman–Crippen MR) is 61.4 cm³/mol. The van der Waals surface area contributed by atoms with E-state index in [2.05, 4.69) is 9.97 Å². The summed E-state index contributed by atoms with van der Waals surface area (Å²) in [7, 11) is 0. The number of benzene rings is 2. The standard InChI is InChI=1S/C13H7F3N2/c14-8-3-1-2-7(4-8)13-17-11-6-9(15)5-10(16)12(11)18-13/h1-6H,(H,17,18). The van der Waals surface area contributed by atoms with Crippen LogP contribution in [0.15, 0.2) is 36.4 Å². The zero-order chi connectivity index (χ0) is 12.7. The van der Waals surface area contributed by atoms with Crippen molar-refractivity contribution in [2.75, 3.05) is 0 Å². The second kappa shape index (κ2) is 3.87. The van der Waals surface area contributed by atoms with Crippen molar-refractivity contribution in [3.05, 3.63) is 53.8 Å². The van der Waals surface area contributed by atoms with Crippen LogP contribution in [0.25, 0.3) is 22.4 Å².